The minimum absolute atomic E-state index is 0.215. The van der Waals surface area contributed by atoms with Gasteiger partial charge in [0.1, 0.15) is 5.75 Å². The van der Waals surface area contributed by atoms with E-state index >= 15 is 0 Å². The first kappa shape index (κ1) is 17.4. The predicted octanol–water partition coefficient (Wildman–Crippen LogP) is 3.08. The van der Waals surface area contributed by atoms with E-state index in [4.69, 9.17) is 4.74 Å². The zero-order valence-corrected chi connectivity index (χ0v) is 15.6. The van der Waals surface area contributed by atoms with E-state index < -0.39 is 12.1 Å². The molecule has 2 heterocycles. The van der Waals surface area contributed by atoms with Crippen LogP contribution >= 0.6 is 15.9 Å². The average Bonchev–Trinajstić information content (AvgIpc) is 2.57. The molecule has 6 nitrogen and oxygen atoms in total. The van der Waals surface area contributed by atoms with Gasteiger partial charge in [0.2, 0.25) is 0 Å². The van der Waals surface area contributed by atoms with Gasteiger partial charge in [-0.05, 0) is 61.0 Å². The molecule has 1 aliphatic rings. The molecule has 2 atom stereocenters. The lowest BCUT2D eigenvalue weighted by atomic mass is 10.0. The molecule has 2 unspecified atom stereocenters. The molecule has 3 rings (SSSR count). The first-order valence-corrected chi connectivity index (χ1v) is 8.61. The molecule has 1 aliphatic heterocycles. The van der Waals surface area contributed by atoms with Gasteiger partial charge in [0.15, 0.2) is 11.9 Å². The maximum Gasteiger partial charge on any atom is 0.265 e. The van der Waals surface area contributed by atoms with E-state index in [0.29, 0.717) is 22.6 Å². The first-order chi connectivity index (χ1) is 11.8. The highest BCUT2D eigenvalue weighted by atomic mass is 79.9. The molecule has 1 aromatic carbocycles. The van der Waals surface area contributed by atoms with E-state index in [1.54, 1.807) is 51.2 Å². The molecule has 0 saturated heterocycles. The Bertz CT molecular complexity index is 935. The highest BCUT2D eigenvalue weighted by Gasteiger charge is 2.26. The summed E-state index contributed by atoms with van der Waals surface area (Å²) in [5, 5.41) is 2.72. The number of hydrogen-bond acceptors (Lipinski definition) is 4. The zero-order chi connectivity index (χ0) is 18.3. The molecule has 1 amide bonds. The number of aryl methyl sites for hydroxylation is 1. The van der Waals surface area contributed by atoms with E-state index in [2.05, 4.69) is 21.2 Å². The molecule has 0 spiro atoms. The number of fused-ring (bicyclic) bond motifs is 1. The van der Waals surface area contributed by atoms with Crippen LogP contribution < -0.4 is 15.6 Å². The summed E-state index contributed by atoms with van der Waals surface area (Å²) in [6.45, 7) is 5.03. The van der Waals surface area contributed by atoms with Crippen LogP contribution in [0.15, 0.2) is 39.7 Å². The van der Waals surface area contributed by atoms with Crippen LogP contribution in [0.1, 0.15) is 35.8 Å². The number of ether oxygens (including phenoxy) is 1. The lowest BCUT2D eigenvalue weighted by Crippen LogP contribution is -2.34. The molecule has 25 heavy (non-hydrogen) atoms. The van der Waals surface area contributed by atoms with E-state index in [9.17, 15) is 14.4 Å². The van der Waals surface area contributed by atoms with E-state index in [0.717, 1.165) is 4.47 Å². The Morgan fingerprint density at radius 1 is 1.32 bits per heavy atom. The van der Waals surface area contributed by atoms with E-state index in [1.165, 1.54) is 4.57 Å². The van der Waals surface area contributed by atoms with Crippen molar-refractivity contribution in [2.45, 2.75) is 32.9 Å². The van der Waals surface area contributed by atoms with Crippen molar-refractivity contribution in [1.29, 1.82) is 0 Å². The SMILES string of the molecule is Cc1cc(Br)cn(C(C)C(=O)c2ccc3c(c2)NC(=O)C(C)O3)c1=O. The largest absolute Gasteiger partial charge is 0.479 e. The number of halogens is 1. The van der Waals surface area contributed by atoms with Crippen molar-refractivity contribution in [2.75, 3.05) is 5.32 Å². The van der Waals surface area contributed by atoms with Crippen LogP contribution in [0.5, 0.6) is 5.75 Å². The van der Waals surface area contributed by atoms with Crippen LogP contribution in [0.2, 0.25) is 0 Å². The van der Waals surface area contributed by atoms with Crippen LogP contribution in [0.3, 0.4) is 0 Å². The molecule has 0 aliphatic carbocycles. The quantitative estimate of drug-likeness (QED) is 0.797. The van der Waals surface area contributed by atoms with Crippen molar-refractivity contribution in [3.05, 3.63) is 56.4 Å². The predicted molar refractivity (Wildman–Crippen MR) is 97.3 cm³/mol. The van der Waals surface area contributed by atoms with Gasteiger partial charge in [-0.25, -0.2) is 0 Å². The van der Waals surface area contributed by atoms with Gasteiger partial charge in [0.25, 0.3) is 11.5 Å². The normalized spacial score (nSPS) is 17.3. The Morgan fingerprint density at radius 2 is 2.04 bits per heavy atom. The summed E-state index contributed by atoms with van der Waals surface area (Å²) in [5.74, 6) is 0.0334. The number of ketones is 1. The summed E-state index contributed by atoms with van der Waals surface area (Å²) >= 11 is 3.35. The van der Waals surface area contributed by atoms with Gasteiger partial charge >= 0.3 is 0 Å². The number of carbonyl (C=O) groups excluding carboxylic acids is 2. The molecular formula is C18H17BrN2O4. The molecular weight excluding hydrogens is 388 g/mol. The number of rotatable bonds is 3. The van der Waals surface area contributed by atoms with Crippen LogP contribution in [0, 0.1) is 6.92 Å². The Balaban J connectivity index is 1.95. The summed E-state index contributed by atoms with van der Waals surface area (Å²) in [6, 6.07) is 5.90. The van der Waals surface area contributed by atoms with E-state index in [-0.39, 0.29) is 17.2 Å². The number of Topliss-reactive ketones (excluding diaryl/α,β-unsaturated/α-hetero) is 1. The van der Waals surface area contributed by atoms with Crippen LogP contribution in [-0.2, 0) is 4.79 Å². The average molecular weight is 405 g/mol. The standard InChI is InChI=1S/C18H17BrN2O4/c1-9-6-13(19)8-21(18(9)24)10(2)16(22)12-4-5-15-14(7-12)20-17(23)11(3)25-15/h4-8,10-11H,1-3H3,(H,20,23). The summed E-state index contributed by atoms with van der Waals surface area (Å²) in [6.07, 6.45) is 1.03. The third-order valence-electron chi connectivity index (χ3n) is 4.18. The Labute approximate surface area is 152 Å². The molecule has 0 radical (unpaired) electrons. The Morgan fingerprint density at radius 3 is 2.76 bits per heavy atom. The fraction of sp³-hybridized carbons (Fsp3) is 0.278. The van der Waals surface area contributed by atoms with Gasteiger partial charge in [0, 0.05) is 21.8 Å². The summed E-state index contributed by atoms with van der Waals surface area (Å²) in [4.78, 5) is 36.9. The number of benzene rings is 1. The van der Waals surface area contributed by atoms with Crippen molar-refractivity contribution in [2.24, 2.45) is 0 Å². The van der Waals surface area contributed by atoms with Crippen molar-refractivity contribution in [3.63, 3.8) is 0 Å². The molecule has 0 saturated carbocycles. The zero-order valence-electron chi connectivity index (χ0n) is 14.0. The first-order valence-electron chi connectivity index (χ1n) is 7.82. The van der Waals surface area contributed by atoms with Crippen LogP contribution in [-0.4, -0.2) is 22.4 Å². The van der Waals surface area contributed by atoms with Crippen molar-refractivity contribution in [3.8, 4) is 5.75 Å². The number of carbonyl (C=O) groups is 2. The lowest BCUT2D eigenvalue weighted by Gasteiger charge is -2.24. The number of nitrogens with one attached hydrogen (secondary N) is 1. The molecule has 7 heteroatoms. The van der Waals surface area contributed by atoms with Crippen LogP contribution in [0.4, 0.5) is 5.69 Å². The minimum atomic E-state index is -0.680. The van der Waals surface area contributed by atoms with Crippen molar-refractivity contribution >= 4 is 33.3 Å². The fourth-order valence-corrected chi connectivity index (χ4v) is 3.28. The number of nitrogens with zero attached hydrogens (tertiary/aromatic N) is 1. The monoisotopic (exact) mass is 404 g/mol. The van der Waals surface area contributed by atoms with Crippen molar-refractivity contribution in [1.82, 2.24) is 4.57 Å². The molecule has 1 N–H and O–H groups in total. The number of anilines is 1. The van der Waals surface area contributed by atoms with Crippen LogP contribution in [0.25, 0.3) is 0 Å². The third kappa shape index (κ3) is 3.24. The summed E-state index contributed by atoms with van der Waals surface area (Å²) in [5.41, 5.74) is 1.19. The maximum atomic E-state index is 12.8. The van der Waals surface area contributed by atoms with E-state index in [1.807, 2.05) is 0 Å². The van der Waals surface area contributed by atoms with Gasteiger partial charge in [-0.2, -0.15) is 0 Å². The second-order valence-electron chi connectivity index (χ2n) is 6.05. The van der Waals surface area contributed by atoms with Gasteiger partial charge in [-0.1, -0.05) is 0 Å². The lowest BCUT2D eigenvalue weighted by molar-refractivity contribution is -0.122. The Kier molecular flexibility index (Phi) is 4.51. The number of aromatic nitrogens is 1. The maximum absolute atomic E-state index is 12.8. The van der Waals surface area contributed by atoms with Gasteiger partial charge in [0.05, 0.1) is 11.7 Å². The second kappa shape index (κ2) is 6.48. The van der Waals surface area contributed by atoms with Gasteiger partial charge < -0.3 is 14.6 Å². The molecule has 0 fully saturated rings. The highest BCUT2D eigenvalue weighted by molar-refractivity contribution is 9.10. The summed E-state index contributed by atoms with van der Waals surface area (Å²) < 4.78 is 7.62. The molecule has 130 valence electrons. The number of amides is 1. The molecule has 2 aromatic rings. The highest BCUT2D eigenvalue weighted by Crippen LogP contribution is 2.31. The van der Waals surface area contributed by atoms with Gasteiger partial charge in [-0.3, -0.25) is 14.4 Å². The molecule has 1 aromatic heterocycles. The molecule has 0 bridgehead atoms. The topological polar surface area (TPSA) is 77.4 Å². The van der Waals surface area contributed by atoms with Crippen molar-refractivity contribution < 1.29 is 14.3 Å². The number of hydrogen-bond donors (Lipinski definition) is 1. The summed E-state index contributed by atoms with van der Waals surface area (Å²) in [7, 11) is 0. The third-order valence-corrected chi connectivity index (χ3v) is 4.61. The van der Waals surface area contributed by atoms with Gasteiger partial charge in [-0.15, -0.1) is 0 Å². The second-order valence-corrected chi connectivity index (χ2v) is 6.97. The minimum Gasteiger partial charge on any atom is -0.479 e. The number of pyridine rings is 1. The Hall–Kier alpha value is -2.41. The fourth-order valence-electron chi connectivity index (χ4n) is 2.72. The smallest absolute Gasteiger partial charge is 0.265 e.